The van der Waals surface area contributed by atoms with Crippen molar-refractivity contribution in [3.05, 3.63) is 64.8 Å². The van der Waals surface area contributed by atoms with Gasteiger partial charge in [0.25, 0.3) is 5.91 Å². The lowest BCUT2D eigenvalue weighted by atomic mass is 9.94. The topological polar surface area (TPSA) is 50.2 Å². The Morgan fingerprint density at radius 2 is 1.93 bits per heavy atom. The third-order valence-corrected chi connectivity index (χ3v) is 6.35. The van der Waals surface area contributed by atoms with Gasteiger partial charge in [-0.15, -0.1) is 0 Å². The number of fused-ring (bicyclic) bond motifs is 1. The van der Waals surface area contributed by atoms with Crippen molar-refractivity contribution in [2.24, 2.45) is 0 Å². The number of nitrogens with one attached hydrogen (secondary N) is 1. The fraction of sp³-hybridized carbons (Fsp3) is 0.417. The van der Waals surface area contributed by atoms with Crippen molar-refractivity contribution in [1.29, 1.82) is 0 Å². The summed E-state index contributed by atoms with van der Waals surface area (Å²) < 4.78 is 1.92. The first-order valence-corrected chi connectivity index (χ1v) is 11.2. The van der Waals surface area contributed by atoms with Gasteiger partial charge in [0.2, 0.25) is 0 Å². The third-order valence-electron chi connectivity index (χ3n) is 6.10. The molecule has 5 nitrogen and oxygen atoms in total. The molecule has 1 amide bonds. The summed E-state index contributed by atoms with van der Waals surface area (Å²) in [4.78, 5) is 15.1. The fourth-order valence-corrected chi connectivity index (χ4v) is 4.38. The number of aromatic nitrogens is 2. The molecule has 158 valence electrons. The molecule has 3 aromatic rings. The van der Waals surface area contributed by atoms with E-state index in [-0.39, 0.29) is 5.91 Å². The molecule has 0 aliphatic heterocycles. The molecule has 1 fully saturated rings. The number of hydrogen-bond acceptors (Lipinski definition) is 3. The summed E-state index contributed by atoms with van der Waals surface area (Å²) in [5.41, 5.74) is 2.74. The van der Waals surface area contributed by atoms with Gasteiger partial charge in [-0.05, 0) is 49.7 Å². The lowest BCUT2D eigenvalue weighted by Crippen LogP contribution is -2.39. The molecule has 1 aliphatic carbocycles. The van der Waals surface area contributed by atoms with Crippen LogP contribution in [-0.2, 0) is 6.54 Å². The van der Waals surface area contributed by atoms with E-state index >= 15 is 0 Å². The van der Waals surface area contributed by atoms with Gasteiger partial charge in [-0.3, -0.25) is 9.48 Å². The number of halogens is 1. The second-order valence-corrected chi connectivity index (χ2v) is 8.67. The summed E-state index contributed by atoms with van der Waals surface area (Å²) in [6.45, 7) is 2.18. The summed E-state index contributed by atoms with van der Waals surface area (Å²) in [7, 11) is 2.17. The number of carbonyl (C=O) groups is 1. The molecule has 1 aliphatic rings. The Kier molecular flexibility index (Phi) is 6.70. The number of hydrogen-bond donors (Lipinski definition) is 1. The molecule has 0 saturated heterocycles. The first kappa shape index (κ1) is 20.9. The fourth-order valence-electron chi connectivity index (χ4n) is 4.25. The lowest BCUT2D eigenvalue weighted by Gasteiger charge is -2.31. The van der Waals surface area contributed by atoms with Gasteiger partial charge in [0.05, 0.1) is 18.3 Å². The molecule has 0 radical (unpaired) electrons. The van der Waals surface area contributed by atoms with E-state index in [1.807, 2.05) is 53.3 Å². The van der Waals surface area contributed by atoms with Crippen molar-refractivity contribution in [2.75, 3.05) is 20.1 Å². The second-order valence-electron chi connectivity index (χ2n) is 8.23. The van der Waals surface area contributed by atoms with Crippen LogP contribution in [0.3, 0.4) is 0 Å². The molecule has 0 spiro atoms. The van der Waals surface area contributed by atoms with Gasteiger partial charge in [-0.2, -0.15) is 5.10 Å². The standard InChI is InChI=1S/C24H29ClN4O/c1-28(22-5-3-2-4-6-22)14-13-26-24(30)19-9-10-20-16-27-29(23(20)15-19)17-18-7-11-21(25)12-8-18/h7-12,15-16,22H,2-6,13-14,17H2,1H3,(H,26,30). The molecule has 2 aromatic carbocycles. The Bertz CT molecular complexity index is 992. The Labute approximate surface area is 183 Å². The molecular weight excluding hydrogens is 396 g/mol. The van der Waals surface area contributed by atoms with E-state index in [0.29, 0.717) is 24.7 Å². The number of carbonyl (C=O) groups excluding carboxylic acids is 1. The molecule has 4 rings (SSSR count). The average Bonchev–Trinajstić information content (AvgIpc) is 3.17. The Morgan fingerprint density at radius 1 is 1.17 bits per heavy atom. The SMILES string of the molecule is CN(CCNC(=O)c1ccc2cnn(Cc3ccc(Cl)cc3)c2c1)C1CCCCC1. The quantitative estimate of drug-likeness (QED) is 0.596. The van der Waals surface area contributed by atoms with E-state index in [9.17, 15) is 4.79 Å². The van der Waals surface area contributed by atoms with Crippen LogP contribution in [0.25, 0.3) is 10.9 Å². The van der Waals surface area contributed by atoms with Gasteiger partial charge in [0, 0.05) is 35.1 Å². The third kappa shape index (κ3) is 5.02. The molecule has 6 heteroatoms. The summed E-state index contributed by atoms with van der Waals surface area (Å²) >= 11 is 5.98. The van der Waals surface area contributed by atoms with Gasteiger partial charge in [-0.1, -0.05) is 49.1 Å². The maximum Gasteiger partial charge on any atom is 0.251 e. The molecule has 30 heavy (non-hydrogen) atoms. The van der Waals surface area contributed by atoms with Gasteiger partial charge in [0.1, 0.15) is 0 Å². The molecular formula is C24H29ClN4O. The van der Waals surface area contributed by atoms with Gasteiger partial charge in [0.15, 0.2) is 0 Å². The molecule has 1 heterocycles. The van der Waals surface area contributed by atoms with Crippen molar-refractivity contribution in [3.63, 3.8) is 0 Å². The number of nitrogens with zero attached hydrogens (tertiary/aromatic N) is 3. The number of likely N-dealkylation sites (N-methyl/N-ethyl adjacent to an activating group) is 1. The highest BCUT2D eigenvalue weighted by Gasteiger charge is 2.18. The van der Waals surface area contributed by atoms with Gasteiger partial charge < -0.3 is 10.2 Å². The molecule has 1 saturated carbocycles. The number of benzene rings is 2. The first-order chi connectivity index (χ1) is 14.6. The van der Waals surface area contributed by atoms with Crippen molar-refractivity contribution < 1.29 is 4.79 Å². The zero-order chi connectivity index (χ0) is 20.9. The van der Waals surface area contributed by atoms with Gasteiger partial charge >= 0.3 is 0 Å². The number of amides is 1. The Balaban J connectivity index is 1.38. The average molecular weight is 425 g/mol. The van der Waals surface area contributed by atoms with Crippen LogP contribution < -0.4 is 5.32 Å². The van der Waals surface area contributed by atoms with Crippen LogP contribution in [0, 0.1) is 0 Å². The predicted molar refractivity (Wildman–Crippen MR) is 122 cm³/mol. The molecule has 0 atom stereocenters. The zero-order valence-electron chi connectivity index (χ0n) is 17.5. The van der Waals surface area contributed by atoms with Crippen LogP contribution in [0.1, 0.15) is 48.0 Å². The summed E-state index contributed by atoms with van der Waals surface area (Å²) in [5, 5.41) is 9.32. The van der Waals surface area contributed by atoms with Crippen LogP contribution in [-0.4, -0.2) is 46.8 Å². The van der Waals surface area contributed by atoms with Crippen molar-refractivity contribution in [2.45, 2.75) is 44.7 Å². The lowest BCUT2D eigenvalue weighted by molar-refractivity contribution is 0.0944. The van der Waals surface area contributed by atoms with Gasteiger partial charge in [-0.25, -0.2) is 0 Å². The van der Waals surface area contributed by atoms with Crippen molar-refractivity contribution in [3.8, 4) is 0 Å². The largest absolute Gasteiger partial charge is 0.351 e. The predicted octanol–water partition coefficient (Wildman–Crippen LogP) is 4.73. The van der Waals surface area contributed by atoms with Crippen LogP contribution in [0.5, 0.6) is 0 Å². The maximum absolute atomic E-state index is 12.7. The number of rotatable bonds is 7. The highest BCUT2D eigenvalue weighted by Crippen LogP contribution is 2.21. The van der Waals surface area contributed by atoms with Crippen molar-refractivity contribution in [1.82, 2.24) is 20.0 Å². The van der Waals surface area contributed by atoms with Crippen LogP contribution in [0.2, 0.25) is 5.02 Å². The van der Waals surface area contributed by atoms with Crippen LogP contribution >= 0.6 is 11.6 Å². The summed E-state index contributed by atoms with van der Waals surface area (Å²) in [6.07, 6.45) is 8.40. The summed E-state index contributed by atoms with van der Waals surface area (Å²) in [5.74, 6) is -0.0341. The minimum absolute atomic E-state index is 0.0341. The molecule has 0 bridgehead atoms. The highest BCUT2D eigenvalue weighted by atomic mass is 35.5. The van der Waals surface area contributed by atoms with E-state index in [1.54, 1.807) is 0 Å². The molecule has 1 aromatic heterocycles. The Morgan fingerprint density at radius 3 is 2.70 bits per heavy atom. The minimum atomic E-state index is -0.0341. The van der Waals surface area contributed by atoms with Crippen LogP contribution in [0.4, 0.5) is 0 Å². The smallest absolute Gasteiger partial charge is 0.251 e. The zero-order valence-corrected chi connectivity index (χ0v) is 18.2. The van der Waals surface area contributed by atoms with E-state index < -0.39 is 0 Å². The minimum Gasteiger partial charge on any atom is -0.351 e. The summed E-state index contributed by atoms with van der Waals surface area (Å²) in [6, 6.07) is 14.2. The van der Waals surface area contributed by atoms with E-state index in [2.05, 4.69) is 22.4 Å². The van der Waals surface area contributed by atoms with E-state index in [0.717, 1.165) is 28.0 Å². The monoisotopic (exact) mass is 424 g/mol. The Hall–Kier alpha value is -2.37. The van der Waals surface area contributed by atoms with Crippen LogP contribution in [0.15, 0.2) is 48.7 Å². The molecule has 1 N–H and O–H groups in total. The molecule has 0 unspecified atom stereocenters. The second kappa shape index (κ2) is 9.63. The van der Waals surface area contributed by atoms with Crippen molar-refractivity contribution >= 4 is 28.4 Å². The van der Waals surface area contributed by atoms with E-state index in [1.165, 1.54) is 32.1 Å². The van der Waals surface area contributed by atoms with E-state index in [4.69, 9.17) is 11.6 Å². The maximum atomic E-state index is 12.7. The first-order valence-electron chi connectivity index (χ1n) is 10.8. The highest BCUT2D eigenvalue weighted by molar-refractivity contribution is 6.30. The normalized spacial score (nSPS) is 15.0.